The van der Waals surface area contributed by atoms with Gasteiger partial charge in [0.25, 0.3) is 0 Å². The zero-order chi connectivity index (χ0) is 15.2. The van der Waals surface area contributed by atoms with E-state index in [1.165, 1.54) is 17.4 Å². The lowest BCUT2D eigenvalue weighted by Gasteiger charge is -2.08. The molecular weight excluding hydrogens is 290 g/mol. The molecule has 1 N–H and O–H groups in total. The Balaban J connectivity index is 2.13. The van der Waals surface area contributed by atoms with E-state index in [-0.39, 0.29) is 18.9 Å². The van der Waals surface area contributed by atoms with Crippen molar-refractivity contribution in [1.82, 2.24) is 0 Å². The van der Waals surface area contributed by atoms with Gasteiger partial charge in [-0.15, -0.1) is 11.3 Å². The molecule has 0 bridgehead atoms. The first-order valence-corrected chi connectivity index (χ1v) is 6.98. The molecular formula is C15H13NO4S. The quantitative estimate of drug-likeness (QED) is 0.535. The molecule has 0 fully saturated rings. The van der Waals surface area contributed by atoms with Gasteiger partial charge in [0.05, 0.1) is 9.80 Å². The summed E-state index contributed by atoms with van der Waals surface area (Å²) in [7, 11) is 0. The van der Waals surface area contributed by atoms with Crippen molar-refractivity contribution in [2.45, 2.75) is 13.5 Å². The van der Waals surface area contributed by atoms with Crippen LogP contribution in [0.3, 0.4) is 0 Å². The predicted molar refractivity (Wildman–Crippen MR) is 80.4 cm³/mol. The Labute approximate surface area is 126 Å². The summed E-state index contributed by atoms with van der Waals surface area (Å²) in [6.07, 6.45) is 0. The highest BCUT2D eigenvalue weighted by atomic mass is 32.1. The molecule has 0 spiro atoms. The van der Waals surface area contributed by atoms with Crippen LogP contribution in [-0.2, 0) is 6.61 Å². The number of nitro benzene ring substituents is 1. The van der Waals surface area contributed by atoms with E-state index in [9.17, 15) is 10.1 Å². The monoisotopic (exact) mass is 303 g/mol. The molecule has 0 unspecified atom stereocenters. The van der Waals surface area contributed by atoms with Gasteiger partial charge >= 0.3 is 5.69 Å². The van der Waals surface area contributed by atoms with E-state index < -0.39 is 4.92 Å². The Kier molecular flexibility index (Phi) is 4.93. The smallest absolute Gasteiger partial charge is 0.311 e. The Hall–Kier alpha value is -2.36. The average molecular weight is 303 g/mol. The normalized spacial score (nSPS) is 9.81. The highest BCUT2D eigenvalue weighted by Crippen LogP contribution is 2.31. The summed E-state index contributed by atoms with van der Waals surface area (Å²) in [6, 6.07) is 8.52. The maximum atomic E-state index is 11.0. The average Bonchev–Trinajstić information content (AvgIpc) is 2.91. The molecule has 108 valence electrons. The van der Waals surface area contributed by atoms with E-state index in [1.807, 2.05) is 12.1 Å². The minimum absolute atomic E-state index is 0.0353. The number of ether oxygens (including phenoxy) is 1. The van der Waals surface area contributed by atoms with Crippen LogP contribution in [0.5, 0.6) is 5.75 Å². The Bertz CT molecular complexity index is 712. The summed E-state index contributed by atoms with van der Waals surface area (Å²) < 4.78 is 5.60. The third kappa shape index (κ3) is 3.81. The van der Waals surface area contributed by atoms with E-state index in [1.54, 1.807) is 19.1 Å². The molecule has 0 radical (unpaired) electrons. The van der Waals surface area contributed by atoms with Gasteiger partial charge in [-0.2, -0.15) is 0 Å². The molecule has 0 saturated carbocycles. The van der Waals surface area contributed by atoms with Gasteiger partial charge in [0.2, 0.25) is 0 Å². The summed E-state index contributed by atoms with van der Waals surface area (Å²) in [6.45, 7) is 1.84. The number of para-hydroxylation sites is 1. The molecule has 1 aromatic heterocycles. The first-order chi connectivity index (χ1) is 10.1. The number of hydrogen-bond donors (Lipinski definition) is 1. The van der Waals surface area contributed by atoms with Crippen LogP contribution in [0.4, 0.5) is 5.69 Å². The molecule has 21 heavy (non-hydrogen) atoms. The van der Waals surface area contributed by atoms with Crippen LogP contribution in [0.15, 0.2) is 30.3 Å². The molecule has 2 aromatic rings. The van der Waals surface area contributed by atoms with Crippen LogP contribution in [0, 0.1) is 28.9 Å². The lowest BCUT2D eigenvalue weighted by molar-refractivity contribution is -0.386. The lowest BCUT2D eigenvalue weighted by Crippen LogP contribution is -1.99. The van der Waals surface area contributed by atoms with Crippen LogP contribution >= 0.6 is 11.3 Å². The maximum Gasteiger partial charge on any atom is 0.311 e. The van der Waals surface area contributed by atoms with Gasteiger partial charge in [0.15, 0.2) is 5.75 Å². The maximum absolute atomic E-state index is 11.0. The summed E-state index contributed by atoms with van der Waals surface area (Å²) in [5.41, 5.74) is 0.688. The minimum atomic E-state index is -0.449. The van der Waals surface area contributed by atoms with E-state index in [2.05, 4.69) is 11.8 Å². The van der Waals surface area contributed by atoms with E-state index in [0.29, 0.717) is 5.75 Å². The van der Waals surface area contributed by atoms with Crippen molar-refractivity contribution in [3.05, 3.63) is 55.8 Å². The summed E-state index contributed by atoms with van der Waals surface area (Å²) in [5.74, 6) is 5.67. The Morgan fingerprint density at radius 3 is 2.90 bits per heavy atom. The highest BCUT2D eigenvalue weighted by molar-refractivity contribution is 7.12. The van der Waals surface area contributed by atoms with Crippen molar-refractivity contribution in [3.8, 4) is 17.6 Å². The summed E-state index contributed by atoms with van der Waals surface area (Å²) in [5, 5.41) is 19.6. The van der Waals surface area contributed by atoms with E-state index in [0.717, 1.165) is 15.3 Å². The molecule has 1 aromatic carbocycles. The van der Waals surface area contributed by atoms with Crippen molar-refractivity contribution in [1.29, 1.82) is 0 Å². The van der Waals surface area contributed by atoms with Crippen LogP contribution < -0.4 is 4.74 Å². The molecule has 6 heteroatoms. The second-order valence-electron chi connectivity index (χ2n) is 4.19. The molecule has 0 aliphatic heterocycles. The largest absolute Gasteiger partial charge is 0.481 e. The van der Waals surface area contributed by atoms with Crippen molar-refractivity contribution < 1.29 is 14.8 Å². The lowest BCUT2D eigenvalue weighted by atomic mass is 10.2. The standard InChI is InChI=1S/C15H13NO4S/c1-11-4-2-6-14(16(18)19)15(11)20-10-13-8-7-12(21-13)5-3-9-17/h2,4,6-8,17H,9-10H2,1H3. The number of rotatable bonds is 4. The number of benzene rings is 1. The predicted octanol–water partition coefficient (Wildman–Crippen LogP) is 2.89. The third-order valence-corrected chi connectivity index (χ3v) is 3.67. The van der Waals surface area contributed by atoms with Gasteiger partial charge in [0, 0.05) is 10.9 Å². The molecule has 0 amide bonds. The van der Waals surface area contributed by atoms with Gasteiger partial charge < -0.3 is 9.84 Å². The fourth-order valence-electron chi connectivity index (χ4n) is 1.76. The van der Waals surface area contributed by atoms with Crippen molar-refractivity contribution in [2.24, 2.45) is 0 Å². The molecule has 0 saturated heterocycles. The van der Waals surface area contributed by atoms with Gasteiger partial charge in [-0.3, -0.25) is 10.1 Å². The van der Waals surface area contributed by atoms with Gasteiger partial charge in [0.1, 0.15) is 13.2 Å². The van der Waals surface area contributed by atoms with Crippen molar-refractivity contribution >= 4 is 17.0 Å². The van der Waals surface area contributed by atoms with Crippen LogP contribution in [0.25, 0.3) is 0 Å². The molecule has 0 atom stereocenters. The Morgan fingerprint density at radius 1 is 1.38 bits per heavy atom. The number of nitro groups is 1. The first kappa shape index (κ1) is 15.0. The first-order valence-electron chi connectivity index (χ1n) is 6.17. The number of nitrogens with zero attached hydrogens (tertiary/aromatic N) is 1. The number of hydrogen-bond acceptors (Lipinski definition) is 5. The second kappa shape index (κ2) is 6.88. The molecule has 0 aliphatic rings. The minimum Gasteiger partial charge on any atom is -0.481 e. The summed E-state index contributed by atoms with van der Waals surface area (Å²) in [4.78, 5) is 12.3. The zero-order valence-electron chi connectivity index (χ0n) is 11.3. The SMILES string of the molecule is Cc1cccc([N+](=O)[O-])c1OCc1ccc(C#CCO)s1. The van der Waals surface area contributed by atoms with E-state index >= 15 is 0 Å². The molecule has 0 aliphatic carbocycles. The van der Waals surface area contributed by atoms with Gasteiger partial charge in [-0.25, -0.2) is 0 Å². The number of thiophene rings is 1. The molecule has 1 heterocycles. The van der Waals surface area contributed by atoms with Gasteiger partial charge in [-0.1, -0.05) is 24.0 Å². The van der Waals surface area contributed by atoms with Crippen LogP contribution in [0.1, 0.15) is 15.3 Å². The number of aliphatic hydroxyl groups excluding tert-OH is 1. The van der Waals surface area contributed by atoms with Crippen LogP contribution in [-0.4, -0.2) is 16.6 Å². The van der Waals surface area contributed by atoms with Crippen LogP contribution in [0.2, 0.25) is 0 Å². The number of aliphatic hydroxyl groups is 1. The van der Waals surface area contributed by atoms with Crippen molar-refractivity contribution in [3.63, 3.8) is 0 Å². The second-order valence-corrected chi connectivity index (χ2v) is 5.36. The fourth-order valence-corrected chi connectivity index (χ4v) is 2.56. The molecule has 2 rings (SSSR count). The third-order valence-electron chi connectivity index (χ3n) is 2.70. The fraction of sp³-hybridized carbons (Fsp3) is 0.200. The topological polar surface area (TPSA) is 72.6 Å². The Morgan fingerprint density at radius 2 is 2.19 bits per heavy atom. The van der Waals surface area contributed by atoms with Gasteiger partial charge in [-0.05, 0) is 24.6 Å². The highest BCUT2D eigenvalue weighted by Gasteiger charge is 2.17. The number of aryl methyl sites for hydroxylation is 1. The van der Waals surface area contributed by atoms with E-state index in [4.69, 9.17) is 9.84 Å². The van der Waals surface area contributed by atoms with Crippen molar-refractivity contribution in [2.75, 3.05) is 6.61 Å². The zero-order valence-corrected chi connectivity index (χ0v) is 12.1. The molecule has 5 nitrogen and oxygen atoms in total. The summed E-state index contributed by atoms with van der Waals surface area (Å²) >= 11 is 1.43.